The second-order valence-electron chi connectivity index (χ2n) is 6.38. The third-order valence-corrected chi connectivity index (χ3v) is 5.28. The number of halogens is 3. The zero-order chi connectivity index (χ0) is 18.4. The molecule has 4 rings (SSSR count). The van der Waals surface area contributed by atoms with Gasteiger partial charge in [0.15, 0.2) is 5.82 Å². The van der Waals surface area contributed by atoms with Crippen molar-refractivity contribution in [3.63, 3.8) is 0 Å². The number of benzene rings is 1. The number of nitrogens with two attached hydrogens (primary N) is 1. The normalized spacial score (nSPS) is 20.9. The van der Waals surface area contributed by atoms with Gasteiger partial charge in [-0.15, -0.1) is 10.2 Å². The largest absolute Gasteiger partial charge is 0.340 e. The molecule has 10 heteroatoms. The van der Waals surface area contributed by atoms with Gasteiger partial charge in [-0.25, -0.2) is 18.2 Å². The molecule has 2 atom stereocenters. The maximum Gasteiger partial charge on any atom is 0.207 e. The van der Waals surface area contributed by atoms with Crippen molar-refractivity contribution in [2.75, 3.05) is 18.0 Å². The van der Waals surface area contributed by atoms with Crippen LogP contribution in [0, 0.1) is 18.6 Å². The molecule has 1 fully saturated rings. The lowest BCUT2D eigenvalue weighted by Gasteiger charge is -2.34. The van der Waals surface area contributed by atoms with Crippen molar-refractivity contribution >= 4 is 28.3 Å². The van der Waals surface area contributed by atoms with Gasteiger partial charge in [0, 0.05) is 25.2 Å². The van der Waals surface area contributed by atoms with E-state index in [1.807, 2.05) is 11.8 Å². The van der Waals surface area contributed by atoms with Crippen LogP contribution in [0.15, 0.2) is 12.1 Å². The Morgan fingerprint density at radius 1 is 1.31 bits per heavy atom. The highest BCUT2D eigenvalue weighted by Crippen LogP contribution is 2.29. The van der Waals surface area contributed by atoms with E-state index in [1.165, 1.54) is 17.4 Å². The summed E-state index contributed by atoms with van der Waals surface area (Å²) in [6, 6.07) is 1.36. The minimum absolute atomic E-state index is 0.185. The molecular weight excluding hydrogens is 365 g/mol. The average Bonchev–Trinajstić information content (AvgIpc) is 3.14. The monoisotopic (exact) mass is 382 g/mol. The summed E-state index contributed by atoms with van der Waals surface area (Å²) < 4.78 is 43.5. The van der Waals surface area contributed by atoms with Gasteiger partial charge < -0.3 is 15.2 Å². The van der Waals surface area contributed by atoms with Gasteiger partial charge in [-0.2, -0.15) is 0 Å². The molecule has 26 heavy (non-hydrogen) atoms. The van der Waals surface area contributed by atoms with Gasteiger partial charge in [0.25, 0.3) is 0 Å². The molecule has 2 unspecified atom stereocenters. The minimum atomic E-state index is -1.08. The SMILES string of the molecule is Cc1nnc(Cn2c(N3CCC(F)C(N)C3)nc3cc(F)cc(F)c32)s1. The van der Waals surface area contributed by atoms with Crippen LogP contribution < -0.4 is 10.6 Å². The molecular formula is C16H17F3N6S. The van der Waals surface area contributed by atoms with Crippen LogP contribution in [0.1, 0.15) is 16.4 Å². The number of imidazole rings is 1. The number of hydrogen-bond donors (Lipinski definition) is 1. The molecule has 1 saturated heterocycles. The maximum absolute atomic E-state index is 14.5. The molecule has 1 aliphatic rings. The highest BCUT2D eigenvalue weighted by Gasteiger charge is 2.30. The van der Waals surface area contributed by atoms with Crippen molar-refractivity contribution in [3.05, 3.63) is 33.8 Å². The van der Waals surface area contributed by atoms with E-state index in [9.17, 15) is 13.2 Å². The third-order valence-electron chi connectivity index (χ3n) is 4.45. The first-order valence-corrected chi connectivity index (χ1v) is 9.03. The first kappa shape index (κ1) is 17.2. The molecule has 6 nitrogen and oxygen atoms in total. The van der Waals surface area contributed by atoms with E-state index in [0.717, 1.165) is 11.1 Å². The number of rotatable bonds is 3. The molecule has 2 aromatic heterocycles. The van der Waals surface area contributed by atoms with Crippen LogP contribution in [-0.4, -0.2) is 45.1 Å². The third kappa shape index (κ3) is 3.03. The zero-order valence-electron chi connectivity index (χ0n) is 14.0. The minimum Gasteiger partial charge on any atom is -0.340 e. The van der Waals surface area contributed by atoms with E-state index in [0.29, 0.717) is 17.5 Å². The molecule has 0 spiro atoms. The van der Waals surface area contributed by atoms with Gasteiger partial charge in [-0.1, -0.05) is 11.3 Å². The quantitative estimate of drug-likeness (QED) is 0.753. The van der Waals surface area contributed by atoms with E-state index in [1.54, 1.807) is 4.57 Å². The average molecular weight is 382 g/mol. The van der Waals surface area contributed by atoms with E-state index >= 15 is 0 Å². The van der Waals surface area contributed by atoms with Crippen LogP contribution in [0.5, 0.6) is 0 Å². The van der Waals surface area contributed by atoms with Crippen LogP contribution in [0.25, 0.3) is 11.0 Å². The van der Waals surface area contributed by atoms with Crippen LogP contribution in [-0.2, 0) is 6.54 Å². The molecule has 1 aromatic carbocycles. The van der Waals surface area contributed by atoms with E-state index < -0.39 is 23.8 Å². The summed E-state index contributed by atoms with van der Waals surface area (Å²) in [6.45, 7) is 2.72. The van der Waals surface area contributed by atoms with Crippen molar-refractivity contribution in [1.82, 2.24) is 19.7 Å². The Balaban J connectivity index is 1.82. The Bertz CT molecular complexity index is 955. The number of alkyl halides is 1. The molecule has 0 amide bonds. The van der Waals surface area contributed by atoms with Crippen LogP contribution in [0.2, 0.25) is 0 Å². The smallest absolute Gasteiger partial charge is 0.207 e. The van der Waals surface area contributed by atoms with Crippen molar-refractivity contribution in [1.29, 1.82) is 0 Å². The Labute approximate surface area is 151 Å². The lowest BCUT2D eigenvalue weighted by atomic mass is 10.1. The predicted molar refractivity (Wildman–Crippen MR) is 93.1 cm³/mol. The number of aromatic nitrogens is 4. The van der Waals surface area contributed by atoms with Crippen LogP contribution >= 0.6 is 11.3 Å². The van der Waals surface area contributed by atoms with E-state index in [2.05, 4.69) is 15.2 Å². The van der Waals surface area contributed by atoms with Gasteiger partial charge >= 0.3 is 0 Å². The molecule has 138 valence electrons. The summed E-state index contributed by atoms with van der Waals surface area (Å²) >= 11 is 1.39. The summed E-state index contributed by atoms with van der Waals surface area (Å²) in [7, 11) is 0. The molecule has 0 aliphatic carbocycles. The first-order valence-electron chi connectivity index (χ1n) is 8.21. The Hall–Kier alpha value is -2.20. The van der Waals surface area contributed by atoms with E-state index in [4.69, 9.17) is 5.73 Å². The van der Waals surface area contributed by atoms with E-state index in [-0.39, 0.29) is 30.5 Å². The number of piperidine rings is 1. The summed E-state index contributed by atoms with van der Waals surface area (Å²) in [4.78, 5) is 6.22. The molecule has 0 radical (unpaired) electrons. The Morgan fingerprint density at radius 3 is 2.81 bits per heavy atom. The Kier molecular flexibility index (Phi) is 4.31. The lowest BCUT2D eigenvalue weighted by Crippen LogP contribution is -2.50. The predicted octanol–water partition coefficient (Wildman–Crippen LogP) is 2.40. The number of anilines is 1. The summed E-state index contributed by atoms with van der Waals surface area (Å²) in [5.74, 6) is -0.971. The second-order valence-corrected chi connectivity index (χ2v) is 7.65. The highest BCUT2D eigenvalue weighted by atomic mass is 32.1. The molecule has 0 saturated carbocycles. The van der Waals surface area contributed by atoms with Crippen molar-refractivity contribution in [2.24, 2.45) is 5.73 Å². The van der Waals surface area contributed by atoms with Crippen molar-refractivity contribution < 1.29 is 13.2 Å². The van der Waals surface area contributed by atoms with Gasteiger partial charge in [-0.3, -0.25) is 0 Å². The fraction of sp³-hybridized carbons (Fsp3) is 0.438. The molecule has 3 heterocycles. The summed E-state index contributed by atoms with van der Waals surface area (Å²) in [6.07, 6.45) is -0.817. The first-order chi connectivity index (χ1) is 12.4. The maximum atomic E-state index is 14.5. The second kappa shape index (κ2) is 6.51. The highest BCUT2D eigenvalue weighted by molar-refractivity contribution is 7.11. The number of nitrogens with zero attached hydrogens (tertiary/aromatic N) is 5. The Morgan fingerprint density at radius 2 is 2.12 bits per heavy atom. The fourth-order valence-electron chi connectivity index (χ4n) is 3.24. The molecule has 3 aromatic rings. The molecule has 0 bridgehead atoms. The zero-order valence-corrected chi connectivity index (χ0v) is 14.8. The van der Waals surface area contributed by atoms with Gasteiger partial charge in [0.2, 0.25) is 5.95 Å². The standard InChI is InChI=1S/C16H17F3N6S/c1-8-22-23-14(26-8)7-25-15-11(19)4-9(17)5-13(15)21-16(25)24-3-2-10(18)12(20)6-24/h4-5,10,12H,2-3,6-7,20H2,1H3. The summed E-state index contributed by atoms with van der Waals surface area (Å²) in [5, 5.41) is 9.52. The summed E-state index contributed by atoms with van der Waals surface area (Å²) in [5.41, 5.74) is 6.24. The van der Waals surface area contributed by atoms with Gasteiger partial charge in [0.1, 0.15) is 27.5 Å². The van der Waals surface area contributed by atoms with Gasteiger partial charge in [-0.05, 0) is 13.3 Å². The molecule has 2 N–H and O–H groups in total. The number of fused-ring (bicyclic) bond motifs is 1. The van der Waals surface area contributed by atoms with Crippen molar-refractivity contribution in [3.8, 4) is 0 Å². The van der Waals surface area contributed by atoms with Crippen LogP contribution in [0.4, 0.5) is 19.1 Å². The topological polar surface area (TPSA) is 72.9 Å². The van der Waals surface area contributed by atoms with Gasteiger partial charge in [0.05, 0.1) is 18.1 Å². The van der Waals surface area contributed by atoms with Crippen molar-refractivity contribution in [2.45, 2.75) is 32.1 Å². The number of hydrogen-bond acceptors (Lipinski definition) is 6. The fourth-order valence-corrected chi connectivity index (χ4v) is 3.93. The number of aryl methyl sites for hydroxylation is 1. The van der Waals surface area contributed by atoms with Crippen LogP contribution in [0.3, 0.4) is 0 Å². The molecule has 1 aliphatic heterocycles. The lowest BCUT2D eigenvalue weighted by molar-refractivity contribution is 0.243.